The topological polar surface area (TPSA) is 21.3 Å². The van der Waals surface area contributed by atoms with Gasteiger partial charge in [0.05, 0.1) is 15.6 Å². The zero-order valence-corrected chi connectivity index (χ0v) is 16.4. The van der Waals surface area contributed by atoms with E-state index >= 15 is 0 Å². The highest BCUT2D eigenvalue weighted by atomic mass is 79.9. The second-order valence-electron chi connectivity index (χ2n) is 4.60. The van der Waals surface area contributed by atoms with E-state index in [4.69, 9.17) is 4.74 Å². The lowest BCUT2D eigenvalue weighted by atomic mass is 10.2. The zero-order valence-electron chi connectivity index (χ0n) is 11.6. The van der Waals surface area contributed by atoms with Crippen LogP contribution in [0.4, 0.5) is 5.69 Å². The summed E-state index contributed by atoms with van der Waals surface area (Å²) in [4.78, 5) is 0. The van der Waals surface area contributed by atoms with Crippen LogP contribution in [-0.2, 0) is 6.54 Å². The number of halogens is 3. The molecule has 0 radical (unpaired) electrons. The van der Waals surface area contributed by atoms with Crippen LogP contribution in [-0.4, -0.2) is 6.61 Å². The molecule has 2 aromatic carbocycles. The molecule has 0 aromatic heterocycles. The average molecular weight is 478 g/mol. The first-order valence-corrected chi connectivity index (χ1v) is 9.08. The highest BCUT2D eigenvalue weighted by molar-refractivity contribution is 9.11. The lowest BCUT2D eigenvalue weighted by Crippen LogP contribution is -2.01. The smallest absolute Gasteiger partial charge is 0.147 e. The van der Waals surface area contributed by atoms with E-state index in [0.29, 0.717) is 6.61 Å². The SMILES string of the molecule is CCCOc1c(Br)cc(CNc2ccc(Br)cc2)cc1Br. The number of anilines is 1. The van der Waals surface area contributed by atoms with Crippen molar-refractivity contribution in [2.45, 2.75) is 19.9 Å². The summed E-state index contributed by atoms with van der Waals surface area (Å²) in [7, 11) is 0. The number of hydrogen-bond donors (Lipinski definition) is 1. The Morgan fingerprint density at radius 3 is 2.19 bits per heavy atom. The maximum Gasteiger partial charge on any atom is 0.147 e. The number of rotatable bonds is 6. The molecule has 1 N–H and O–H groups in total. The second-order valence-corrected chi connectivity index (χ2v) is 7.22. The Kier molecular flexibility index (Phi) is 6.58. The monoisotopic (exact) mass is 475 g/mol. The fourth-order valence-corrected chi connectivity index (χ4v) is 3.60. The van der Waals surface area contributed by atoms with Crippen LogP contribution in [0.1, 0.15) is 18.9 Å². The normalized spacial score (nSPS) is 10.5. The standard InChI is InChI=1S/C16H16Br3NO/c1-2-7-21-16-14(18)8-11(9-15(16)19)10-20-13-5-3-12(17)4-6-13/h3-6,8-9,20H,2,7,10H2,1H3. The van der Waals surface area contributed by atoms with Gasteiger partial charge >= 0.3 is 0 Å². The Morgan fingerprint density at radius 2 is 1.62 bits per heavy atom. The second kappa shape index (κ2) is 8.20. The molecule has 0 unspecified atom stereocenters. The third kappa shape index (κ3) is 5.01. The molecule has 0 aliphatic heterocycles. The summed E-state index contributed by atoms with van der Waals surface area (Å²) in [5.74, 6) is 0.865. The molecule has 2 nitrogen and oxygen atoms in total. The van der Waals surface area contributed by atoms with Crippen molar-refractivity contribution in [3.8, 4) is 5.75 Å². The molecule has 0 aliphatic carbocycles. The van der Waals surface area contributed by atoms with Gasteiger partial charge in [0.1, 0.15) is 5.75 Å². The van der Waals surface area contributed by atoms with Crippen molar-refractivity contribution >= 4 is 53.5 Å². The summed E-state index contributed by atoms with van der Waals surface area (Å²) >= 11 is 10.6. The predicted molar refractivity (Wildman–Crippen MR) is 99.1 cm³/mol. The Bertz CT molecular complexity index is 576. The number of nitrogens with one attached hydrogen (secondary N) is 1. The van der Waals surface area contributed by atoms with Crippen molar-refractivity contribution in [1.29, 1.82) is 0 Å². The molecule has 2 rings (SSSR count). The van der Waals surface area contributed by atoms with Crippen molar-refractivity contribution in [1.82, 2.24) is 0 Å². The molecule has 112 valence electrons. The van der Waals surface area contributed by atoms with E-state index < -0.39 is 0 Å². The Labute approximate surface area is 150 Å². The fourth-order valence-electron chi connectivity index (χ4n) is 1.83. The molecule has 0 saturated carbocycles. The predicted octanol–water partition coefficient (Wildman–Crippen LogP) is 6.38. The van der Waals surface area contributed by atoms with Crippen LogP contribution in [0.25, 0.3) is 0 Å². The molecular formula is C16H16Br3NO. The van der Waals surface area contributed by atoms with Crippen LogP contribution in [0.2, 0.25) is 0 Å². The van der Waals surface area contributed by atoms with Gasteiger partial charge in [-0.25, -0.2) is 0 Å². The minimum Gasteiger partial charge on any atom is -0.491 e. The maximum atomic E-state index is 5.73. The summed E-state index contributed by atoms with van der Waals surface area (Å²) in [6, 6.07) is 12.3. The van der Waals surface area contributed by atoms with Crippen LogP contribution in [0.15, 0.2) is 49.8 Å². The average Bonchev–Trinajstić information content (AvgIpc) is 2.46. The largest absolute Gasteiger partial charge is 0.491 e. The van der Waals surface area contributed by atoms with Crippen LogP contribution < -0.4 is 10.1 Å². The van der Waals surface area contributed by atoms with Crippen LogP contribution >= 0.6 is 47.8 Å². The third-order valence-electron chi connectivity index (χ3n) is 2.85. The highest BCUT2D eigenvalue weighted by Gasteiger charge is 2.08. The molecule has 0 atom stereocenters. The molecule has 0 bridgehead atoms. The van der Waals surface area contributed by atoms with E-state index in [2.05, 4.69) is 72.2 Å². The first-order valence-electron chi connectivity index (χ1n) is 6.70. The summed E-state index contributed by atoms with van der Waals surface area (Å²) in [5, 5.41) is 3.40. The highest BCUT2D eigenvalue weighted by Crippen LogP contribution is 2.35. The summed E-state index contributed by atoms with van der Waals surface area (Å²) in [5.41, 5.74) is 2.28. The third-order valence-corrected chi connectivity index (χ3v) is 4.56. The molecule has 0 fully saturated rings. The van der Waals surface area contributed by atoms with Gasteiger partial charge in [-0.3, -0.25) is 0 Å². The molecule has 2 aromatic rings. The molecule has 0 heterocycles. The van der Waals surface area contributed by atoms with E-state index in [1.165, 1.54) is 5.56 Å². The van der Waals surface area contributed by atoms with Gasteiger partial charge in [0.2, 0.25) is 0 Å². The van der Waals surface area contributed by atoms with Gasteiger partial charge in [-0.05, 0) is 80.2 Å². The van der Waals surface area contributed by atoms with Crippen LogP contribution in [0, 0.1) is 0 Å². The minimum absolute atomic E-state index is 0.716. The van der Waals surface area contributed by atoms with Crippen molar-refractivity contribution in [3.05, 3.63) is 55.4 Å². The van der Waals surface area contributed by atoms with Gasteiger partial charge in [-0.1, -0.05) is 22.9 Å². The summed E-state index contributed by atoms with van der Waals surface area (Å²) in [6.07, 6.45) is 0.992. The van der Waals surface area contributed by atoms with Gasteiger partial charge in [0, 0.05) is 16.7 Å². The Hall–Kier alpha value is -0.520. The zero-order chi connectivity index (χ0) is 15.2. The Balaban J connectivity index is 2.05. The Morgan fingerprint density at radius 1 is 1.00 bits per heavy atom. The van der Waals surface area contributed by atoms with Gasteiger partial charge in [-0.2, -0.15) is 0 Å². The fraction of sp³-hybridized carbons (Fsp3) is 0.250. The number of benzene rings is 2. The van der Waals surface area contributed by atoms with Crippen molar-refractivity contribution in [2.24, 2.45) is 0 Å². The van der Waals surface area contributed by atoms with E-state index in [1.807, 2.05) is 24.3 Å². The first-order chi connectivity index (χ1) is 10.1. The van der Waals surface area contributed by atoms with Gasteiger partial charge in [0.25, 0.3) is 0 Å². The van der Waals surface area contributed by atoms with E-state index in [1.54, 1.807) is 0 Å². The molecule has 0 amide bonds. The molecular weight excluding hydrogens is 462 g/mol. The molecule has 21 heavy (non-hydrogen) atoms. The summed E-state index contributed by atoms with van der Waals surface area (Å²) < 4.78 is 8.75. The van der Waals surface area contributed by atoms with Crippen molar-refractivity contribution < 1.29 is 4.74 Å². The lowest BCUT2D eigenvalue weighted by Gasteiger charge is -2.12. The van der Waals surface area contributed by atoms with E-state index in [9.17, 15) is 0 Å². The molecule has 0 saturated heterocycles. The van der Waals surface area contributed by atoms with Gasteiger partial charge in [-0.15, -0.1) is 0 Å². The first kappa shape index (κ1) is 16.8. The summed E-state index contributed by atoms with van der Waals surface area (Å²) in [6.45, 7) is 3.57. The lowest BCUT2D eigenvalue weighted by molar-refractivity contribution is 0.313. The minimum atomic E-state index is 0.716. The van der Waals surface area contributed by atoms with Crippen molar-refractivity contribution in [3.63, 3.8) is 0 Å². The maximum absolute atomic E-state index is 5.73. The van der Waals surface area contributed by atoms with Crippen molar-refractivity contribution in [2.75, 3.05) is 11.9 Å². The van der Waals surface area contributed by atoms with Gasteiger partial charge < -0.3 is 10.1 Å². The van der Waals surface area contributed by atoms with E-state index in [-0.39, 0.29) is 0 Å². The molecule has 5 heteroatoms. The van der Waals surface area contributed by atoms with Gasteiger partial charge in [0.15, 0.2) is 0 Å². The number of hydrogen-bond acceptors (Lipinski definition) is 2. The van der Waals surface area contributed by atoms with E-state index in [0.717, 1.165) is 37.8 Å². The van der Waals surface area contributed by atoms with Crippen LogP contribution in [0.3, 0.4) is 0 Å². The molecule has 0 spiro atoms. The molecule has 0 aliphatic rings. The number of ether oxygens (including phenoxy) is 1. The van der Waals surface area contributed by atoms with Crippen LogP contribution in [0.5, 0.6) is 5.75 Å². The quantitative estimate of drug-likeness (QED) is 0.521.